The summed E-state index contributed by atoms with van der Waals surface area (Å²) in [7, 11) is 0. The molecule has 0 saturated carbocycles. The van der Waals surface area contributed by atoms with Gasteiger partial charge in [0, 0.05) is 11.1 Å². The van der Waals surface area contributed by atoms with Crippen molar-refractivity contribution in [2.24, 2.45) is 0 Å². The largest absolute Gasteiger partial charge is 0.494 e. The van der Waals surface area contributed by atoms with Crippen molar-refractivity contribution in [1.29, 1.82) is 0 Å². The first-order valence-electron chi connectivity index (χ1n) is 9.38. The standard InChI is InChI=1S/C22H23NO5/c1-2-27-19-10-8-16(9-11-19)22(26)23-13-21(25)28-14-20(24)18-7-6-15-4-3-5-17(15)12-18/h6-12H,2-5,13-14H2,1H3,(H,23,26). The maximum atomic E-state index is 12.2. The number of carbonyl (C=O) groups excluding carboxylic acids is 3. The molecule has 1 aliphatic carbocycles. The van der Waals surface area contributed by atoms with Crippen molar-refractivity contribution in [3.8, 4) is 5.75 Å². The van der Waals surface area contributed by atoms with Crippen molar-refractivity contribution < 1.29 is 23.9 Å². The zero-order valence-corrected chi connectivity index (χ0v) is 15.8. The summed E-state index contributed by atoms with van der Waals surface area (Å²) >= 11 is 0. The number of aryl methyl sites for hydroxylation is 2. The number of amides is 1. The van der Waals surface area contributed by atoms with Crippen molar-refractivity contribution in [2.75, 3.05) is 19.8 Å². The smallest absolute Gasteiger partial charge is 0.325 e. The minimum Gasteiger partial charge on any atom is -0.494 e. The quantitative estimate of drug-likeness (QED) is 0.562. The lowest BCUT2D eigenvalue weighted by Crippen LogP contribution is -2.31. The first kappa shape index (κ1) is 19.6. The number of nitrogens with one attached hydrogen (secondary N) is 1. The highest BCUT2D eigenvalue weighted by atomic mass is 16.5. The van der Waals surface area contributed by atoms with Gasteiger partial charge in [-0.2, -0.15) is 0 Å². The molecule has 6 heteroatoms. The zero-order valence-electron chi connectivity index (χ0n) is 15.8. The summed E-state index contributed by atoms with van der Waals surface area (Å²) in [6.07, 6.45) is 3.14. The Morgan fingerprint density at radius 2 is 1.68 bits per heavy atom. The molecule has 2 aromatic rings. The predicted molar refractivity (Wildman–Crippen MR) is 104 cm³/mol. The van der Waals surface area contributed by atoms with E-state index in [4.69, 9.17) is 9.47 Å². The predicted octanol–water partition coefficient (Wildman–Crippen LogP) is 2.73. The van der Waals surface area contributed by atoms with E-state index < -0.39 is 11.9 Å². The first-order valence-corrected chi connectivity index (χ1v) is 9.38. The van der Waals surface area contributed by atoms with E-state index in [-0.39, 0.29) is 18.9 Å². The summed E-state index contributed by atoms with van der Waals surface area (Å²) in [5.41, 5.74) is 3.43. The van der Waals surface area contributed by atoms with Crippen molar-refractivity contribution >= 4 is 17.7 Å². The zero-order chi connectivity index (χ0) is 19.9. The van der Waals surface area contributed by atoms with Gasteiger partial charge in [0.15, 0.2) is 12.4 Å². The number of ether oxygens (including phenoxy) is 2. The van der Waals surface area contributed by atoms with Crippen LogP contribution in [-0.4, -0.2) is 37.4 Å². The molecule has 0 radical (unpaired) electrons. The molecule has 3 rings (SSSR count). The number of hydrogen-bond acceptors (Lipinski definition) is 5. The third-order valence-corrected chi connectivity index (χ3v) is 4.61. The van der Waals surface area contributed by atoms with E-state index in [1.54, 1.807) is 30.3 Å². The van der Waals surface area contributed by atoms with Gasteiger partial charge in [-0.05, 0) is 67.6 Å². The summed E-state index contributed by atoms with van der Waals surface area (Å²) in [4.78, 5) is 36.1. The van der Waals surface area contributed by atoms with Crippen molar-refractivity contribution in [1.82, 2.24) is 5.32 Å². The van der Waals surface area contributed by atoms with Crippen LogP contribution in [0.5, 0.6) is 5.75 Å². The molecule has 2 aromatic carbocycles. The second-order valence-corrected chi connectivity index (χ2v) is 6.56. The second-order valence-electron chi connectivity index (χ2n) is 6.56. The topological polar surface area (TPSA) is 81.7 Å². The van der Waals surface area contributed by atoms with Crippen LogP contribution in [0.25, 0.3) is 0 Å². The Morgan fingerprint density at radius 3 is 2.43 bits per heavy atom. The molecule has 146 valence electrons. The lowest BCUT2D eigenvalue weighted by Gasteiger charge is -2.08. The van der Waals surface area contributed by atoms with Gasteiger partial charge >= 0.3 is 5.97 Å². The number of fused-ring (bicyclic) bond motifs is 1. The second kappa shape index (κ2) is 9.17. The molecule has 0 bridgehead atoms. The van der Waals surface area contributed by atoms with E-state index in [1.165, 1.54) is 11.1 Å². The molecule has 0 spiro atoms. The van der Waals surface area contributed by atoms with Gasteiger partial charge in [0.05, 0.1) is 6.61 Å². The molecule has 0 heterocycles. The molecule has 0 unspecified atom stereocenters. The molecule has 1 amide bonds. The van der Waals surface area contributed by atoms with E-state index in [0.717, 1.165) is 19.3 Å². The van der Waals surface area contributed by atoms with E-state index in [1.807, 2.05) is 19.1 Å². The Labute approximate surface area is 163 Å². The van der Waals surface area contributed by atoms with Gasteiger partial charge in [-0.1, -0.05) is 12.1 Å². The van der Waals surface area contributed by atoms with Gasteiger partial charge in [-0.15, -0.1) is 0 Å². The van der Waals surface area contributed by atoms with Crippen LogP contribution in [0.4, 0.5) is 0 Å². The number of ketones is 1. The van der Waals surface area contributed by atoms with Gasteiger partial charge < -0.3 is 14.8 Å². The molecule has 0 fully saturated rings. The number of carbonyl (C=O) groups is 3. The van der Waals surface area contributed by atoms with Crippen LogP contribution in [0.15, 0.2) is 42.5 Å². The highest BCUT2D eigenvalue weighted by Crippen LogP contribution is 2.23. The number of rotatable bonds is 8. The normalized spacial score (nSPS) is 12.2. The Morgan fingerprint density at radius 1 is 0.964 bits per heavy atom. The third kappa shape index (κ3) is 4.97. The summed E-state index contributed by atoms with van der Waals surface area (Å²) < 4.78 is 10.3. The molecular formula is C22H23NO5. The number of Topliss-reactive ketones (excluding diaryl/α,β-unsaturated/α-hetero) is 1. The molecule has 1 N–H and O–H groups in total. The van der Waals surface area contributed by atoms with Gasteiger partial charge in [0.2, 0.25) is 0 Å². The molecule has 0 aliphatic heterocycles. The van der Waals surface area contributed by atoms with Crippen LogP contribution < -0.4 is 10.1 Å². The lowest BCUT2D eigenvalue weighted by molar-refractivity contribution is -0.141. The third-order valence-electron chi connectivity index (χ3n) is 4.61. The summed E-state index contributed by atoms with van der Waals surface area (Å²) in [5.74, 6) is -0.636. The highest BCUT2D eigenvalue weighted by molar-refractivity contribution is 5.99. The summed E-state index contributed by atoms with van der Waals surface area (Å²) in [6.45, 7) is 1.78. The Hall–Kier alpha value is -3.15. The van der Waals surface area contributed by atoms with Crippen LogP contribution in [0.1, 0.15) is 45.2 Å². The number of hydrogen-bond donors (Lipinski definition) is 1. The fraction of sp³-hybridized carbons (Fsp3) is 0.318. The van der Waals surface area contributed by atoms with Gasteiger partial charge in [0.25, 0.3) is 5.91 Å². The Kier molecular flexibility index (Phi) is 6.42. The van der Waals surface area contributed by atoms with E-state index >= 15 is 0 Å². The Bertz CT molecular complexity index is 873. The molecule has 6 nitrogen and oxygen atoms in total. The monoisotopic (exact) mass is 381 g/mol. The van der Waals surface area contributed by atoms with E-state index in [2.05, 4.69) is 5.32 Å². The average molecular weight is 381 g/mol. The van der Waals surface area contributed by atoms with Crippen LogP contribution in [-0.2, 0) is 22.4 Å². The average Bonchev–Trinajstić information content (AvgIpc) is 3.19. The SMILES string of the molecule is CCOc1ccc(C(=O)NCC(=O)OCC(=O)c2ccc3c(c2)CCC3)cc1. The molecule has 0 atom stereocenters. The van der Waals surface area contributed by atoms with Crippen LogP contribution in [0.2, 0.25) is 0 Å². The van der Waals surface area contributed by atoms with Gasteiger partial charge in [-0.3, -0.25) is 14.4 Å². The Balaban J connectivity index is 1.44. The number of benzene rings is 2. The maximum Gasteiger partial charge on any atom is 0.325 e. The van der Waals surface area contributed by atoms with E-state index in [9.17, 15) is 14.4 Å². The fourth-order valence-corrected chi connectivity index (χ4v) is 3.15. The van der Waals surface area contributed by atoms with Crippen molar-refractivity contribution in [3.63, 3.8) is 0 Å². The molecule has 0 saturated heterocycles. The minimum absolute atomic E-state index is 0.249. The molecule has 28 heavy (non-hydrogen) atoms. The van der Waals surface area contributed by atoms with Gasteiger partial charge in [-0.25, -0.2) is 0 Å². The van der Waals surface area contributed by atoms with Crippen LogP contribution in [0, 0.1) is 0 Å². The minimum atomic E-state index is -0.659. The van der Waals surface area contributed by atoms with Crippen LogP contribution >= 0.6 is 0 Å². The first-order chi connectivity index (χ1) is 13.6. The molecule has 0 aromatic heterocycles. The fourth-order valence-electron chi connectivity index (χ4n) is 3.15. The van der Waals surface area contributed by atoms with Crippen molar-refractivity contribution in [3.05, 3.63) is 64.7 Å². The molecule has 1 aliphatic rings. The lowest BCUT2D eigenvalue weighted by atomic mass is 10.0. The highest BCUT2D eigenvalue weighted by Gasteiger charge is 2.16. The van der Waals surface area contributed by atoms with Crippen LogP contribution in [0.3, 0.4) is 0 Å². The van der Waals surface area contributed by atoms with Crippen molar-refractivity contribution in [2.45, 2.75) is 26.2 Å². The van der Waals surface area contributed by atoms with Gasteiger partial charge in [0.1, 0.15) is 12.3 Å². The summed E-state index contributed by atoms with van der Waals surface area (Å²) in [5, 5.41) is 2.48. The van der Waals surface area contributed by atoms with E-state index in [0.29, 0.717) is 23.5 Å². The molecular weight excluding hydrogens is 358 g/mol. The number of esters is 1. The summed E-state index contributed by atoms with van der Waals surface area (Å²) in [6, 6.07) is 12.2. The maximum absolute atomic E-state index is 12.2.